The highest BCUT2D eigenvalue weighted by atomic mass is 16.3. The maximum absolute atomic E-state index is 9.29. The number of nitrogens with one attached hydrogen (secondary N) is 1. The SMILES string of the molecule is C[C@H](O)c1nc2ccc(C#N)cc2[nH]1. The molecule has 2 aromatic rings. The highest BCUT2D eigenvalue weighted by Gasteiger charge is 2.07. The molecule has 70 valence electrons. The Morgan fingerprint density at radius 2 is 2.36 bits per heavy atom. The van der Waals surface area contributed by atoms with Gasteiger partial charge in [-0.1, -0.05) is 0 Å². The van der Waals surface area contributed by atoms with Crippen LogP contribution in [0.4, 0.5) is 0 Å². The maximum atomic E-state index is 9.29. The number of aromatic nitrogens is 2. The Morgan fingerprint density at radius 1 is 1.57 bits per heavy atom. The van der Waals surface area contributed by atoms with E-state index in [-0.39, 0.29) is 0 Å². The summed E-state index contributed by atoms with van der Waals surface area (Å²) in [5, 5.41) is 18.0. The van der Waals surface area contributed by atoms with E-state index < -0.39 is 6.10 Å². The second-order valence-corrected chi connectivity index (χ2v) is 3.14. The van der Waals surface area contributed by atoms with E-state index in [1.165, 1.54) is 0 Å². The quantitative estimate of drug-likeness (QED) is 0.710. The number of aliphatic hydroxyl groups is 1. The van der Waals surface area contributed by atoms with E-state index in [0.29, 0.717) is 11.4 Å². The first-order chi connectivity index (χ1) is 6.70. The molecule has 1 heterocycles. The monoisotopic (exact) mass is 187 g/mol. The molecule has 0 unspecified atom stereocenters. The van der Waals surface area contributed by atoms with Gasteiger partial charge in [-0.3, -0.25) is 0 Å². The van der Waals surface area contributed by atoms with Gasteiger partial charge >= 0.3 is 0 Å². The molecule has 0 saturated carbocycles. The number of nitriles is 1. The zero-order valence-corrected chi connectivity index (χ0v) is 7.65. The van der Waals surface area contributed by atoms with Crippen molar-refractivity contribution < 1.29 is 5.11 Å². The molecule has 0 aliphatic carbocycles. The summed E-state index contributed by atoms with van der Waals surface area (Å²) in [6.07, 6.45) is -0.618. The van der Waals surface area contributed by atoms with E-state index in [2.05, 4.69) is 9.97 Å². The van der Waals surface area contributed by atoms with Crippen molar-refractivity contribution in [3.8, 4) is 6.07 Å². The summed E-state index contributed by atoms with van der Waals surface area (Å²) in [6, 6.07) is 7.23. The van der Waals surface area contributed by atoms with Gasteiger partial charge in [0.1, 0.15) is 11.9 Å². The van der Waals surface area contributed by atoms with Crippen molar-refractivity contribution >= 4 is 11.0 Å². The van der Waals surface area contributed by atoms with Gasteiger partial charge in [0.25, 0.3) is 0 Å². The van der Waals surface area contributed by atoms with E-state index in [1.54, 1.807) is 25.1 Å². The van der Waals surface area contributed by atoms with Crippen LogP contribution in [0.3, 0.4) is 0 Å². The largest absolute Gasteiger partial charge is 0.385 e. The lowest BCUT2D eigenvalue weighted by molar-refractivity contribution is 0.190. The lowest BCUT2D eigenvalue weighted by atomic mass is 10.2. The molecule has 0 saturated heterocycles. The smallest absolute Gasteiger partial charge is 0.135 e. The summed E-state index contributed by atoms with van der Waals surface area (Å²) in [5.74, 6) is 0.523. The highest BCUT2D eigenvalue weighted by Crippen LogP contribution is 2.16. The molecule has 1 aromatic carbocycles. The van der Waals surface area contributed by atoms with Crippen LogP contribution in [-0.4, -0.2) is 15.1 Å². The number of H-pyrrole nitrogens is 1. The van der Waals surface area contributed by atoms with Crippen LogP contribution in [0.25, 0.3) is 11.0 Å². The average molecular weight is 187 g/mol. The van der Waals surface area contributed by atoms with Gasteiger partial charge in [-0.25, -0.2) is 4.98 Å². The van der Waals surface area contributed by atoms with Crippen molar-refractivity contribution in [3.63, 3.8) is 0 Å². The van der Waals surface area contributed by atoms with Crippen LogP contribution in [0.1, 0.15) is 24.4 Å². The van der Waals surface area contributed by atoms with E-state index in [0.717, 1.165) is 11.0 Å². The van der Waals surface area contributed by atoms with E-state index in [9.17, 15) is 5.11 Å². The average Bonchev–Trinajstić information content (AvgIpc) is 2.59. The number of rotatable bonds is 1. The number of aromatic amines is 1. The van der Waals surface area contributed by atoms with Crippen LogP contribution in [0.15, 0.2) is 18.2 Å². The summed E-state index contributed by atoms with van der Waals surface area (Å²) in [5.41, 5.74) is 2.12. The summed E-state index contributed by atoms with van der Waals surface area (Å²) >= 11 is 0. The Balaban J connectivity index is 2.61. The zero-order valence-electron chi connectivity index (χ0n) is 7.65. The molecule has 0 spiro atoms. The van der Waals surface area contributed by atoms with Crippen LogP contribution in [0, 0.1) is 11.3 Å². The zero-order chi connectivity index (χ0) is 10.1. The molecule has 0 aliphatic heterocycles. The van der Waals surface area contributed by atoms with Gasteiger partial charge in [0.15, 0.2) is 0 Å². The van der Waals surface area contributed by atoms with Gasteiger partial charge in [-0.15, -0.1) is 0 Å². The number of hydrogen-bond donors (Lipinski definition) is 2. The first-order valence-electron chi connectivity index (χ1n) is 4.28. The third-order valence-corrected chi connectivity index (χ3v) is 2.03. The first-order valence-corrected chi connectivity index (χ1v) is 4.28. The Hall–Kier alpha value is -1.86. The fourth-order valence-electron chi connectivity index (χ4n) is 1.30. The van der Waals surface area contributed by atoms with Crippen LogP contribution in [0.2, 0.25) is 0 Å². The van der Waals surface area contributed by atoms with E-state index in [1.807, 2.05) is 6.07 Å². The number of fused-ring (bicyclic) bond motifs is 1. The standard InChI is InChI=1S/C10H9N3O/c1-6(14)10-12-8-3-2-7(5-11)4-9(8)13-10/h2-4,6,14H,1H3,(H,12,13)/t6-/m0/s1. The van der Waals surface area contributed by atoms with E-state index >= 15 is 0 Å². The predicted molar refractivity (Wildman–Crippen MR) is 51.4 cm³/mol. The molecular weight excluding hydrogens is 178 g/mol. The van der Waals surface area contributed by atoms with Crippen molar-refractivity contribution in [3.05, 3.63) is 29.6 Å². The molecule has 1 atom stereocenters. The Morgan fingerprint density at radius 3 is 3.00 bits per heavy atom. The normalized spacial score (nSPS) is 12.6. The van der Waals surface area contributed by atoms with Gasteiger partial charge in [0.05, 0.1) is 22.7 Å². The molecular formula is C10H9N3O. The third kappa shape index (κ3) is 1.34. The van der Waals surface area contributed by atoms with Crippen LogP contribution in [0.5, 0.6) is 0 Å². The number of imidazole rings is 1. The fourth-order valence-corrected chi connectivity index (χ4v) is 1.30. The Bertz CT molecular complexity index is 508. The van der Waals surface area contributed by atoms with E-state index in [4.69, 9.17) is 5.26 Å². The lowest BCUT2D eigenvalue weighted by Gasteiger charge is -1.95. The van der Waals surface area contributed by atoms with Crippen molar-refractivity contribution in [1.82, 2.24) is 9.97 Å². The molecule has 0 amide bonds. The number of benzene rings is 1. The molecule has 0 radical (unpaired) electrons. The second kappa shape index (κ2) is 3.13. The molecule has 0 aliphatic rings. The summed E-state index contributed by atoms with van der Waals surface area (Å²) in [7, 11) is 0. The minimum atomic E-state index is -0.618. The van der Waals surface area contributed by atoms with Crippen molar-refractivity contribution in [1.29, 1.82) is 5.26 Å². The van der Waals surface area contributed by atoms with Crippen LogP contribution >= 0.6 is 0 Å². The van der Waals surface area contributed by atoms with Crippen LogP contribution in [-0.2, 0) is 0 Å². The van der Waals surface area contributed by atoms with Gasteiger partial charge < -0.3 is 10.1 Å². The van der Waals surface area contributed by atoms with Crippen molar-refractivity contribution in [2.24, 2.45) is 0 Å². The van der Waals surface area contributed by atoms with Gasteiger partial charge in [-0.05, 0) is 25.1 Å². The second-order valence-electron chi connectivity index (χ2n) is 3.14. The van der Waals surface area contributed by atoms with Crippen LogP contribution < -0.4 is 0 Å². The number of aliphatic hydroxyl groups excluding tert-OH is 1. The van der Waals surface area contributed by atoms with Gasteiger partial charge in [0.2, 0.25) is 0 Å². The lowest BCUT2D eigenvalue weighted by Crippen LogP contribution is -1.92. The first kappa shape index (κ1) is 8.73. The fraction of sp³-hybridized carbons (Fsp3) is 0.200. The topological polar surface area (TPSA) is 72.7 Å². The van der Waals surface area contributed by atoms with Gasteiger partial charge in [0, 0.05) is 0 Å². The molecule has 0 fully saturated rings. The molecule has 2 N–H and O–H groups in total. The Labute approximate surface area is 80.8 Å². The molecule has 1 aromatic heterocycles. The molecule has 4 nitrogen and oxygen atoms in total. The Kier molecular flexibility index (Phi) is 1.95. The summed E-state index contributed by atoms with van der Waals surface area (Å²) in [6.45, 7) is 1.64. The molecule has 0 bridgehead atoms. The molecule has 2 rings (SSSR count). The van der Waals surface area contributed by atoms with Crippen molar-refractivity contribution in [2.45, 2.75) is 13.0 Å². The highest BCUT2D eigenvalue weighted by molar-refractivity contribution is 5.76. The number of nitrogens with zero attached hydrogens (tertiary/aromatic N) is 2. The minimum absolute atomic E-state index is 0.523. The maximum Gasteiger partial charge on any atom is 0.135 e. The predicted octanol–water partition coefficient (Wildman–Crippen LogP) is 1.49. The number of hydrogen-bond acceptors (Lipinski definition) is 3. The summed E-state index contributed by atoms with van der Waals surface area (Å²) in [4.78, 5) is 7.13. The van der Waals surface area contributed by atoms with Crippen molar-refractivity contribution in [2.75, 3.05) is 0 Å². The minimum Gasteiger partial charge on any atom is -0.385 e. The molecule has 14 heavy (non-hydrogen) atoms. The summed E-state index contributed by atoms with van der Waals surface area (Å²) < 4.78 is 0. The molecule has 4 heteroatoms. The third-order valence-electron chi connectivity index (χ3n) is 2.03. The van der Waals surface area contributed by atoms with Gasteiger partial charge in [-0.2, -0.15) is 5.26 Å².